The number of carbonyl (C=O) groups excluding carboxylic acids is 1. The number of carbonyl (C=O) groups is 1. The Morgan fingerprint density at radius 2 is 1.80 bits per heavy atom. The largest absolute Gasteiger partial charge is 0.495 e. The van der Waals surface area contributed by atoms with Crippen molar-refractivity contribution >= 4 is 36.6 Å². The summed E-state index contributed by atoms with van der Waals surface area (Å²) in [6, 6.07) is 9.53. The molecule has 0 aliphatic heterocycles. The number of aromatic nitrogens is 5. The molecule has 1 amide bonds. The van der Waals surface area contributed by atoms with Crippen molar-refractivity contribution in [2.75, 3.05) is 44.6 Å². The molecule has 0 fully saturated rings. The van der Waals surface area contributed by atoms with Crippen LogP contribution in [0.4, 0.5) is 36.3 Å². The van der Waals surface area contributed by atoms with Gasteiger partial charge in [0.25, 0.3) is 5.91 Å². The van der Waals surface area contributed by atoms with E-state index in [4.69, 9.17) is 18.9 Å². The molecule has 0 aliphatic rings. The van der Waals surface area contributed by atoms with E-state index in [9.17, 15) is 27.8 Å². The van der Waals surface area contributed by atoms with Gasteiger partial charge in [-0.1, -0.05) is 6.07 Å². The fourth-order valence-corrected chi connectivity index (χ4v) is 6.45. The topological polar surface area (TPSA) is 198 Å². The lowest BCUT2D eigenvalue weighted by Gasteiger charge is -2.19. The van der Waals surface area contributed by atoms with E-state index in [1.807, 2.05) is 6.07 Å². The van der Waals surface area contributed by atoms with Crippen molar-refractivity contribution in [3.05, 3.63) is 65.2 Å². The number of amides is 1. The predicted octanol–water partition coefficient (Wildman–Crippen LogP) is 5.63. The second kappa shape index (κ2) is 16.5. The van der Waals surface area contributed by atoms with E-state index in [2.05, 4.69) is 36.0 Å². The summed E-state index contributed by atoms with van der Waals surface area (Å²) in [5, 5.41) is 30.9. The normalized spacial score (nSPS) is 11.6. The number of hydrogen-bond acceptors (Lipinski definition) is 13. The number of nitrogens with one attached hydrogen (secondary N) is 3. The number of rotatable bonds is 16. The maximum Gasteiger partial charge on any atom is 0.421 e. The summed E-state index contributed by atoms with van der Waals surface area (Å²) in [6.45, 7) is 3.89. The Labute approximate surface area is 285 Å². The molecule has 0 aliphatic carbocycles. The Balaban J connectivity index is 1.70. The molecule has 3 aromatic heterocycles. The van der Waals surface area contributed by atoms with E-state index < -0.39 is 31.1 Å². The molecule has 4 aromatic rings. The first-order chi connectivity index (χ1) is 23.9. The maximum atomic E-state index is 14.1. The van der Waals surface area contributed by atoms with Crippen LogP contribution in [0.1, 0.15) is 47.6 Å². The van der Waals surface area contributed by atoms with Crippen LogP contribution in [0.3, 0.4) is 0 Å². The molecule has 0 spiro atoms. The Morgan fingerprint density at radius 3 is 2.42 bits per heavy atom. The first-order valence-corrected chi connectivity index (χ1v) is 17.0. The van der Waals surface area contributed by atoms with Crippen LogP contribution in [0.15, 0.2) is 42.7 Å². The SMILES string of the molecule is CCOP(=O)(Cc1ccc(Nc2ncc(C(F)(F)F)c(Nc3ccc(-c4cnn(CCCO)c4C#N)nc3C(=O)NC)n2)c(OC)c1)OCC. The molecule has 0 bridgehead atoms. The van der Waals surface area contributed by atoms with Crippen LogP contribution in [0.5, 0.6) is 5.75 Å². The summed E-state index contributed by atoms with van der Waals surface area (Å²) < 4.78 is 73.0. The monoisotopic (exact) mass is 717 g/mol. The van der Waals surface area contributed by atoms with Crippen LogP contribution in [0, 0.1) is 11.3 Å². The Hall–Kier alpha value is -5.08. The van der Waals surface area contributed by atoms with Crippen LogP contribution in [0.25, 0.3) is 11.3 Å². The van der Waals surface area contributed by atoms with E-state index in [1.54, 1.807) is 32.0 Å². The summed E-state index contributed by atoms with van der Waals surface area (Å²) in [6.07, 6.45) is -2.63. The zero-order valence-electron chi connectivity index (χ0n) is 27.5. The highest BCUT2D eigenvalue weighted by Gasteiger charge is 2.36. The lowest BCUT2D eigenvalue weighted by atomic mass is 10.1. The quantitative estimate of drug-likeness (QED) is 0.104. The van der Waals surface area contributed by atoms with E-state index in [-0.39, 0.29) is 78.2 Å². The highest BCUT2D eigenvalue weighted by atomic mass is 31.2. The third kappa shape index (κ3) is 8.93. The van der Waals surface area contributed by atoms with Gasteiger partial charge in [-0.15, -0.1) is 0 Å². The first-order valence-electron chi connectivity index (χ1n) is 15.2. The van der Waals surface area contributed by atoms with Crippen LogP contribution in [0.2, 0.25) is 0 Å². The van der Waals surface area contributed by atoms with Crippen molar-refractivity contribution in [3.8, 4) is 23.1 Å². The molecule has 0 saturated heterocycles. The minimum absolute atomic E-state index is 0.0411. The Morgan fingerprint density at radius 1 is 1.08 bits per heavy atom. The third-order valence-corrected chi connectivity index (χ3v) is 9.03. The number of halogens is 3. The van der Waals surface area contributed by atoms with E-state index in [0.717, 1.165) is 0 Å². The smallest absolute Gasteiger partial charge is 0.421 e. The zero-order valence-corrected chi connectivity index (χ0v) is 28.4. The summed E-state index contributed by atoms with van der Waals surface area (Å²) in [7, 11) is -0.725. The molecule has 0 unspecified atom stereocenters. The minimum Gasteiger partial charge on any atom is -0.495 e. The molecule has 15 nitrogen and oxygen atoms in total. The molecule has 0 radical (unpaired) electrons. The van der Waals surface area contributed by atoms with Gasteiger partial charge in [0.05, 0.1) is 55.3 Å². The molecule has 4 N–H and O–H groups in total. The highest BCUT2D eigenvalue weighted by Crippen LogP contribution is 2.51. The van der Waals surface area contributed by atoms with Crippen LogP contribution in [-0.2, 0) is 32.5 Å². The van der Waals surface area contributed by atoms with Gasteiger partial charge < -0.3 is 34.8 Å². The number of nitrogens with zero attached hydrogens (tertiary/aromatic N) is 6. The molecular weight excluding hydrogens is 682 g/mol. The number of aliphatic hydroxyl groups is 1. The van der Waals surface area contributed by atoms with Crippen LogP contribution in [-0.4, -0.2) is 69.7 Å². The third-order valence-electron chi connectivity index (χ3n) is 6.97. The Bertz CT molecular complexity index is 1910. The van der Waals surface area contributed by atoms with Gasteiger partial charge in [0.1, 0.15) is 28.9 Å². The highest BCUT2D eigenvalue weighted by molar-refractivity contribution is 7.53. The predicted molar refractivity (Wildman–Crippen MR) is 176 cm³/mol. The van der Waals surface area contributed by atoms with Crippen LogP contribution >= 0.6 is 7.60 Å². The summed E-state index contributed by atoms with van der Waals surface area (Å²) in [5.74, 6) is -1.42. The number of ether oxygens (including phenoxy) is 1. The summed E-state index contributed by atoms with van der Waals surface area (Å²) in [5.41, 5.74) is -0.212. The lowest BCUT2D eigenvalue weighted by Crippen LogP contribution is -2.21. The summed E-state index contributed by atoms with van der Waals surface area (Å²) >= 11 is 0. The number of benzene rings is 1. The molecule has 3 heterocycles. The number of alkyl halides is 3. The van der Waals surface area contributed by atoms with Crippen molar-refractivity contribution in [1.29, 1.82) is 5.26 Å². The van der Waals surface area contributed by atoms with E-state index >= 15 is 0 Å². The maximum absolute atomic E-state index is 14.1. The van der Waals surface area contributed by atoms with E-state index in [1.165, 1.54) is 37.2 Å². The van der Waals surface area contributed by atoms with Crippen molar-refractivity contribution in [2.45, 2.75) is 39.2 Å². The average molecular weight is 718 g/mol. The van der Waals surface area contributed by atoms with Gasteiger partial charge in [0.15, 0.2) is 5.69 Å². The number of nitriles is 1. The zero-order chi connectivity index (χ0) is 36.5. The average Bonchev–Trinajstić information content (AvgIpc) is 3.50. The second-order valence-electron chi connectivity index (χ2n) is 10.3. The molecule has 0 saturated carbocycles. The number of aryl methyl sites for hydroxylation is 1. The molecular formula is C31H35F3N9O6P. The van der Waals surface area contributed by atoms with Gasteiger partial charge >= 0.3 is 13.8 Å². The number of hydrogen-bond donors (Lipinski definition) is 4. The molecule has 1 aromatic carbocycles. The second-order valence-corrected chi connectivity index (χ2v) is 12.4. The molecule has 19 heteroatoms. The van der Waals surface area contributed by atoms with Gasteiger partial charge in [0, 0.05) is 26.4 Å². The van der Waals surface area contributed by atoms with Crippen molar-refractivity contribution < 1.29 is 41.4 Å². The number of pyridine rings is 1. The van der Waals surface area contributed by atoms with Gasteiger partial charge in [-0.05, 0) is 50.1 Å². The van der Waals surface area contributed by atoms with Gasteiger partial charge in [-0.25, -0.2) is 9.97 Å². The fourth-order valence-electron chi connectivity index (χ4n) is 4.76. The standard InChI is InChI=1S/C31H35F3N9O6P/c1-5-48-50(46,49-6-2)18-19-8-9-23(26(14-19)47-4)41-30-37-17-21(31(32,33)34)28(42-30)40-24-11-10-22(39-27(24)29(45)36-3)20-16-38-43(12-7-13-44)25(20)15-35/h8-11,14,16-17,44H,5-7,12-13,18H2,1-4H3,(H,36,45)(H2,37,40,41,42). The van der Waals surface area contributed by atoms with Gasteiger partial charge in [-0.2, -0.15) is 28.5 Å². The van der Waals surface area contributed by atoms with Crippen molar-refractivity contribution in [2.24, 2.45) is 0 Å². The number of aliphatic hydroxyl groups excluding tert-OH is 1. The minimum atomic E-state index is -4.89. The number of methoxy groups -OCH3 is 1. The Kier molecular flexibility index (Phi) is 12.5. The molecule has 4 rings (SSSR count). The molecule has 266 valence electrons. The van der Waals surface area contributed by atoms with Crippen molar-refractivity contribution in [1.82, 2.24) is 30.0 Å². The number of anilines is 4. The van der Waals surface area contributed by atoms with E-state index in [0.29, 0.717) is 18.2 Å². The van der Waals surface area contributed by atoms with Gasteiger partial charge in [0.2, 0.25) is 5.95 Å². The lowest BCUT2D eigenvalue weighted by molar-refractivity contribution is -0.137. The summed E-state index contributed by atoms with van der Waals surface area (Å²) in [4.78, 5) is 25.2. The molecule has 0 atom stereocenters. The molecule has 50 heavy (non-hydrogen) atoms. The van der Waals surface area contributed by atoms with Crippen LogP contribution < -0.4 is 20.7 Å². The fraction of sp³-hybridized carbons (Fsp3) is 0.355. The van der Waals surface area contributed by atoms with Crippen molar-refractivity contribution in [3.63, 3.8) is 0 Å². The first kappa shape index (κ1) is 37.7. The van der Waals surface area contributed by atoms with Gasteiger partial charge in [-0.3, -0.25) is 14.0 Å².